The number of hydrogen-bond acceptors (Lipinski definition) is 5. The van der Waals surface area contributed by atoms with Gasteiger partial charge in [0.1, 0.15) is 0 Å². The quantitative estimate of drug-likeness (QED) is 0.397. The lowest BCUT2D eigenvalue weighted by molar-refractivity contribution is -0.139. The van der Waals surface area contributed by atoms with E-state index in [1.807, 2.05) is 32.0 Å². The SMILES string of the molecule is COC(=O)CN.Cc1cccc(Cc2c(C(F)(F)F)c3cc(CCN(C)C)ccc3n(C)c2=O)c1P. The van der Waals surface area contributed by atoms with Crippen LogP contribution in [0.2, 0.25) is 0 Å². The number of aromatic nitrogens is 1. The molecule has 2 N–H and O–H groups in total. The van der Waals surface area contributed by atoms with E-state index in [1.165, 1.54) is 18.7 Å². The van der Waals surface area contributed by atoms with Gasteiger partial charge in [0.05, 0.1) is 24.7 Å². The summed E-state index contributed by atoms with van der Waals surface area (Å²) in [4.78, 5) is 24.8. The van der Waals surface area contributed by atoms with E-state index in [1.54, 1.807) is 30.3 Å². The molecule has 0 spiro atoms. The molecule has 1 heterocycles. The molecule has 3 aromatic rings. The predicted octanol–water partition coefficient (Wildman–Crippen LogP) is 3.18. The minimum atomic E-state index is -4.63. The monoisotopic (exact) mass is 523 g/mol. The van der Waals surface area contributed by atoms with Crippen molar-refractivity contribution < 1.29 is 22.7 Å². The normalized spacial score (nSPS) is 11.4. The zero-order chi connectivity index (χ0) is 27.2. The Hall–Kier alpha value is -2.74. The van der Waals surface area contributed by atoms with Gasteiger partial charge < -0.3 is 19.9 Å². The number of fused-ring (bicyclic) bond motifs is 1. The maximum atomic E-state index is 14.3. The van der Waals surface area contributed by atoms with Crippen molar-refractivity contribution in [1.82, 2.24) is 9.47 Å². The van der Waals surface area contributed by atoms with Crippen LogP contribution in [-0.2, 0) is 35.6 Å². The maximum Gasteiger partial charge on any atom is 0.417 e. The summed E-state index contributed by atoms with van der Waals surface area (Å²) in [6.45, 7) is 2.59. The van der Waals surface area contributed by atoms with E-state index in [-0.39, 0.29) is 29.9 Å². The number of esters is 1. The van der Waals surface area contributed by atoms with Crippen molar-refractivity contribution in [3.63, 3.8) is 0 Å². The number of carbonyl (C=O) groups is 1. The van der Waals surface area contributed by atoms with Gasteiger partial charge in [0.2, 0.25) is 0 Å². The van der Waals surface area contributed by atoms with Crippen molar-refractivity contribution in [2.24, 2.45) is 12.8 Å². The van der Waals surface area contributed by atoms with Gasteiger partial charge in [-0.15, -0.1) is 9.24 Å². The summed E-state index contributed by atoms with van der Waals surface area (Å²) in [6.07, 6.45) is -4.07. The molecule has 6 nitrogen and oxygen atoms in total. The third-order valence-electron chi connectivity index (χ3n) is 5.86. The van der Waals surface area contributed by atoms with E-state index in [4.69, 9.17) is 5.73 Å². The third-order valence-corrected chi connectivity index (χ3v) is 6.69. The first-order valence-corrected chi connectivity index (χ1v) is 11.9. The van der Waals surface area contributed by atoms with Crippen molar-refractivity contribution in [3.05, 3.63) is 74.6 Å². The van der Waals surface area contributed by atoms with Gasteiger partial charge in [-0.05, 0) is 61.6 Å². The minimum absolute atomic E-state index is 0.0312. The van der Waals surface area contributed by atoms with Crippen LogP contribution in [0.1, 0.15) is 27.8 Å². The van der Waals surface area contributed by atoms with Crippen LogP contribution >= 0.6 is 9.24 Å². The van der Waals surface area contributed by atoms with Crippen LogP contribution in [0.3, 0.4) is 0 Å². The van der Waals surface area contributed by atoms with Gasteiger partial charge in [0.25, 0.3) is 5.56 Å². The van der Waals surface area contributed by atoms with Gasteiger partial charge in [-0.25, -0.2) is 0 Å². The van der Waals surface area contributed by atoms with Gasteiger partial charge in [-0.3, -0.25) is 9.59 Å². The highest BCUT2D eigenvalue weighted by Crippen LogP contribution is 2.37. The van der Waals surface area contributed by atoms with Crippen LogP contribution < -0.4 is 16.6 Å². The first kappa shape index (κ1) is 29.5. The molecule has 10 heteroatoms. The number of halogens is 3. The summed E-state index contributed by atoms with van der Waals surface area (Å²) in [7, 11) is 9.26. The summed E-state index contributed by atoms with van der Waals surface area (Å²) < 4.78 is 48.2. The van der Waals surface area contributed by atoms with Crippen LogP contribution in [0, 0.1) is 6.92 Å². The second-order valence-electron chi connectivity index (χ2n) is 8.73. The van der Waals surface area contributed by atoms with Crippen LogP contribution in [0.5, 0.6) is 0 Å². The highest BCUT2D eigenvalue weighted by atomic mass is 31.0. The molecule has 1 aromatic heterocycles. The molecule has 2 aromatic carbocycles. The highest BCUT2D eigenvalue weighted by Gasteiger charge is 2.37. The molecule has 1 unspecified atom stereocenters. The number of carbonyl (C=O) groups excluding carboxylic acids is 1. The Labute approximate surface area is 211 Å². The largest absolute Gasteiger partial charge is 0.468 e. The fraction of sp³-hybridized carbons (Fsp3) is 0.385. The van der Waals surface area contributed by atoms with Crippen LogP contribution in [0.4, 0.5) is 13.2 Å². The molecule has 196 valence electrons. The van der Waals surface area contributed by atoms with Crippen molar-refractivity contribution in [2.45, 2.75) is 25.9 Å². The van der Waals surface area contributed by atoms with E-state index in [2.05, 4.69) is 14.0 Å². The van der Waals surface area contributed by atoms with Gasteiger partial charge in [0, 0.05) is 31.0 Å². The molecule has 0 fully saturated rings. The van der Waals surface area contributed by atoms with Crippen LogP contribution in [-0.4, -0.2) is 49.7 Å². The summed E-state index contributed by atoms with van der Waals surface area (Å²) in [5.41, 5.74) is 5.92. The third kappa shape index (κ3) is 7.15. The topological polar surface area (TPSA) is 77.6 Å². The number of hydrogen-bond donors (Lipinski definition) is 1. The molecule has 1 atom stereocenters. The average molecular weight is 524 g/mol. The summed E-state index contributed by atoms with van der Waals surface area (Å²) in [6, 6.07) is 10.5. The van der Waals surface area contributed by atoms with Gasteiger partial charge >= 0.3 is 12.1 Å². The van der Waals surface area contributed by atoms with Gasteiger partial charge in [-0.2, -0.15) is 13.2 Å². The molecule has 36 heavy (non-hydrogen) atoms. The van der Waals surface area contributed by atoms with Gasteiger partial charge in [-0.1, -0.05) is 24.3 Å². The number of rotatable bonds is 6. The van der Waals surface area contributed by atoms with E-state index < -0.39 is 17.3 Å². The molecule has 0 aliphatic heterocycles. The molecule has 0 aliphatic rings. The predicted molar refractivity (Wildman–Crippen MR) is 141 cm³/mol. The number of nitrogens with two attached hydrogens (primary N) is 1. The Bertz CT molecular complexity index is 1280. The lowest BCUT2D eigenvalue weighted by Gasteiger charge is -2.20. The molecule has 0 amide bonds. The smallest absolute Gasteiger partial charge is 0.417 e. The summed E-state index contributed by atoms with van der Waals surface area (Å²) in [5.74, 6) is -0.380. The molecule has 0 aliphatic carbocycles. The molecular weight excluding hydrogens is 490 g/mol. The minimum Gasteiger partial charge on any atom is -0.468 e. The molecule has 0 bridgehead atoms. The number of benzene rings is 2. The van der Waals surface area contributed by atoms with Crippen LogP contribution in [0.25, 0.3) is 10.9 Å². The lowest BCUT2D eigenvalue weighted by atomic mass is 9.95. The number of nitrogens with zero attached hydrogens (tertiary/aromatic N) is 2. The van der Waals surface area contributed by atoms with Crippen molar-refractivity contribution in [3.8, 4) is 0 Å². The number of methoxy groups -OCH3 is 1. The fourth-order valence-electron chi connectivity index (χ4n) is 3.82. The van der Waals surface area contributed by atoms with E-state index >= 15 is 0 Å². The van der Waals surface area contributed by atoms with Crippen molar-refractivity contribution >= 4 is 31.4 Å². The number of pyridine rings is 1. The first-order chi connectivity index (χ1) is 16.8. The summed E-state index contributed by atoms with van der Waals surface area (Å²) in [5, 5.41) is 0.904. The zero-order valence-corrected chi connectivity index (χ0v) is 22.4. The first-order valence-electron chi connectivity index (χ1n) is 11.3. The van der Waals surface area contributed by atoms with Crippen molar-refractivity contribution in [2.75, 3.05) is 34.3 Å². The average Bonchev–Trinajstić information content (AvgIpc) is 2.82. The Morgan fingerprint density at radius 3 is 2.39 bits per heavy atom. The fourth-order valence-corrected chi connectivity index (χ4v) is 4.12. The standard InChI is InChI=1S/C23H26F3N2OP.C3H7NO2/c1-14-6-5-7-16(21(14)30)13-18-20(23(24,25)26)17-12-15(10-11-27(2)3)8-9-19(17)28(4)22(18)29;1-6-3(5)2-4/h5-9,12H,10-11,13,30H2,1-4H3;2,4H2,1H3. The van der Waals surface area contributed by atoms with E-state index in [9.17, 15) is 22.8 Å². The number of likely N-dealkylation sites (N-methyl/N-ethyl adjacent to an activating group) is 1. The number of aryl methyl sites for hydroxylation is 2. The van der Waals surface area contributed by atoms with E-state index in [0.29, 0.717) is 17.5 Å². The highest BCUT2D eigenvalue weighted by molar-refractivity contribution is 7.27. The Morgan fingerprint density at radius 2 is 1.86 bits per heavy atom. The Kier molecular flexibility index (Phi) is 10.2. The molecule has 0 saturated heterocycles. The lowest BCUT2D eigenvalue weighted by Crippen LogP contribution is -2.28. The number of alkyl halides is 3. The van der Waals surface area contributed by atoms with Crippen molar-refractivity contribution in [1.29, 1.82) is 0 Å². The Morgan fingerprint density at radius 1 is 1.19 bits per heavy atom. The second-order valence-corrected chi connectivity index (χ2v) is 9.30. The van der Waals surface area contributed by atoms with Crippen LogP contribution in [0.15, 0.2) is 41.2 Å². The molecular formula is C26H33F3N3O3P. The summed E-state index contributed by atoms with van der Waals surface area (Å²) >= 11 is 0. The molecule has 3 rings (SSSR count). The second kappa shape index (κ2) is 12.5. The van der Waals surface area contributed by atoms with E-state index in [0.717, 1.165) is 23.0 Å². The van der Waals surface area contributed by atoms with Gasteiger partial charge in [0.15, 0.2) is 0 Å². The Balaban J connectivity index is 0.000000678. The zero-order valence-electron chi connectivity index (χ0n) is 21.2. The maximum absolute atomic E-state index is 14.3. The molecule has 0 saturated carbocycles. The molecule has 0 radical (unpaired) electrons. The number of ether oxygens (including phenoxy) is 1.